The first-order chi connectivity index (χ1) is 10.1. The molecular formula is C16H22N3O2. The SMILES string of the molecule is CC1(C)CN(c2ccccc2CN2CC[N]CC2)C(=O)O1. The van der Waals surface area contributed by atoms with E-state index in [4.69, 9.17) is 4.74 Å². The number of hydrogen-bond donors (Lipinski definition) is 0. The van der Waals surface area contributed by atoms with Gasteiger partial charge in [-0.1, -0.05) is 18.2 Å². The topological polar surface area (TPSA) is 46.9 Å². The fourth-order valence-electron chi connectivity index (χ4n) is 2.91. The molecule has 21 heavy (non-hydrogen) atoms. The third-order valence-corrected chi connectivity index (χ3v) is 3.95. The average molecular weight is 288 g/mol. The van der Waals surface area contributed by atoms with Crippen molar-refractivity contribution in [3.05, 3.63) is 29.8 Å². The maximum atomic E-state index is 12.1. The van der Waals surface area contributed by atoms with Crippen molar-refractivity contribution in [2.45, 2.75) is 26.0 Å². The van der Waals surface area contributed by atoms with E-state index >= 15 is 0 Å². The number of carbonyl (C=O) groups excluding carboxylic acids is 1. The molecule has 5 nitrogen and oxygen atoms in total. The summed E-state index contributed by atoms with van der Waals surface area (Å²) >= 11 is 0. The molecule has 2 heterocycles. The molecule has 5 heteroatoms. The van der Waals surface area contributed by atoms with Crippen LogP contribution in [0.15, 0.2) is 24.3 Å². The molecule has 0 bridgehead atoms. The molecule has 0 aliphatic carbocycles. The highest BCUT2D eigenvalue weighted by Gasteiger charge is 2.39. The predicted octanol–water partition coefficient (Wildman–Crippen LogP) is 1.84. The van der Waals surface area contributed by atoms with E-state index in [1.165, 1.54) is 5.56 Å². The van der Waals surface area contributed by atoms with E-state index in [1.807, 2.05) is 32.0 Å². The van der Waals surface area contributed by atoms with Crippen molar-refractivity contribution in [1.29, 1.82) is 0 Å². The second kappa shape index (κ2) is 5.66. The second-order valence-corrected chi connectivity index (χ2v) is 6.29. The minimum atomic E-state index is -0.422. The van der Waals surface area contributed by atoms with Crippen LogP contribution in [0, 0.1) is 0 Å². The third-order valence-electron chi connectivity index (χ3n) is 3.95. The molecule has 2 saturated heterocycles. The number of carbonyl (C=O) groups is 1. The molecule has 1 amide bonds. The van der Waals surface area contributed by atoms with E-state index < -0.39 is 5.60 Å². The lowest BCUT2D eigenvalue weighted by molar-refractivity contribution is 0.0871. The molecule has 1 aromatic carbocycles. The van der Waals surface area contributed by atoms with Crippen LogP contribution in [0.1, 0.15) is 19.4 Å². The van der Waals surface area contributed by atoms with Gasteiger partial charge in [0.15, 0.2) is 0 Å². The first-order valence-corrected chi connectivity index (χ1v) is 7.49. The molecule has 2 fully saturated rings. The Kier molecular flexibility index (Phi) is 3.87. The van der Waals surface area contributed by atoms with Gasteiger partial charge >= 0.3 is 6.09 Å². The fraction of sp³-hybridized carbons (Fsp3) is 0.562. The minimum absolute atomic E-state index is 0.249. The van der Waals surface area contributed by atoms with Crippen molar-refractivity contribution in [3.63, 3.8) is 0 Å². The molecule has 0 aromatic heterocycles. The van der Waals surface area contributed by atoms with Crippen LogP contribution in [0.3, 0.4) is 0 Å². The average Bonchev–Trinajstić information content (AvgIpc) is 2.74. The van der Waals surface area contributed by atoms with Gasteiger partial charge in [0, 0.05) is 32.7 Å². The molecule has 2 aliphatic heterocycles. The largest absolute Gasteiger partial charge is 0.441 e. The summed E-state index contributed by atoms with van der Waals surface area (Å²) in [5, 5.41) is 4.37. The molecule has 0 N–H and O–H groups in total. The van der Waals surface area contributed by atoms with Gasteiger partial charge in [-0.3, -0.25) is 9.80 Å². The lowest BCUT2D eigenvalue weighted by Gasteiger charge is -2.28. The van der Waals surface area contributed by atoms with Crippen LogP contribution in [0.25, 0.3) is 0 Å². The molecule has 0 unspecified atom stereocenters. The molecule has 0 saturated carbocycles. The zero-order valence-corrected chi connectivity index (χ0v) is 12.7. The summed E-state index contributed by atoms with van der Waals surface area (Å²) in [4.78, 5) is 16.3. The van der Waals surface area contributed by atoms with Crippen molar-refractivity contribution in [2.24, 2.45) is 0 Å². The molecular weight excluding hydrogens is 266 g/mol. The van der Waals surface area contributed by atoms with E-state index in [0.717, 1.165) is 38.4 Å². The maximum Gasteiger partial charge on any atom is 0.415 e. The zero-order valence-electron chi connectivity index (χ0n) is 12.7. The summed E-state index contributed by atoms with van der Waals surface area (Å²) in [5.41, 5.74) is 1.72. The Hall–Kier alpha value is -1.59. The highest BCUT2D eigenvalue weighted by molar-refractivity contribution is 5.91. The van der Waals surface area contributed by atoms with Crippen LogP contribution in [0.4, 0.5) is 10.5 Å². The van der Waals surface area contributed by atoms with Gasteiger partial charge in [-0.15, -0.1) is 0 Å². The van der Waals surface area contributed by atoms with Gasteiger partial charge in [0.05, 0.1) is 12.2 Å². The summed E-state index contributed by atoms with van der Waals surface area (Å²) in [6, 6.07) is 8.11. The van der Waals surface area contributed by atoms with Crippen molar-refractivity contribution in [1.82, 2.24) is 10.2 Å². The fourth-order valence-corrected chi connectivity index (χ4v) is 2.91. The number of para-hydroxylation sites is 1. The number of ether oxygens (including phenoxy) is 1. The Morgan fingerprint density at radius 3 is 2.62 bits per heavy atom. The Balaban J connectivity index is 1.81. The molecule has 0 spiro atoms. The number of amides is 1. The maximum absolute atomic E-state index is 12.1. The molecule has 113 valence electrons. The highest BCUT2D eigenvalue weighted by Crippen LogP contribution is 2.30. The van der Waals surface area contributed by atoms with Crippen molar-refractivity contribution >= 4 is 11.8 Å². The highest BCUT2D eigenvalue weighted by atomic mass is 16.6. The van der Waals surface area contributed by atoms with Crippen LogP contribution < -0.4 is 10.2 Å². The number of hydrogen-bond acceptors (Lipinski definition) is 3. The number of rotatable bonds is 3. The standard InChI is InChI=1S/C16H22N3O2/c1-16(2)12-19(15(20)21-16)14-6-4-3-5-13(14)11-18-9-7-17-8-10-18/h3-6H,7-12H2,1-2H3. The van der Waals surface area contributed by atoms with Crippen LogP contribution in [0.2, 0.25) is 0 Å². The van der Waals surface area contributed by atoms with Crippen LogP contribution in [-0.4, -0.2) is 49.3 Å². The number of anilines is 1. The lowest BCUT2D eigenvalue weighted by atomic mass is 10.1. The Labute approximate surface area is 125 Å². The summed E-state index contributed by atoms with van der Waals surface area (Å²) in [6.07, 6.45) is -0.249. The predicted molar refractivity (Wildman–Crippen MR) is 81.5 cm³/mol. The van der Waals surface area contributed by atoms with Crippen molar-refractivity contribution in [2.75, 3.05) is 37.6 Å². The van der Waals surface area contributed by atoms with Gasteiger partial charge in [-0.25, -0.2) is 10.1 Å². The van der Waals surface area contributed by atoms with Crippen LogP contribution in [-0.2, 0) is 11.3 Å². The lowest BCUT2D eigenvalue weighted by Crippen LogP contribution is -2.40. The van der Waals surface area contributed by atoms with Gasteiger partial charge in [-0.2, -0.15) is 0 Å². The normalized spacial score (nSPS) is 22.4. The first-order valence-electron chi connectivity index (χ1n) is 7.49. The first kappa shape index (κ1) is 14.4. The van der Waals surface area contributed by atoms with E-state index in [0.29, 0.717) is 6.54 Å². The van der Waals surface area contributed by atoms with E-state index in [1.54, 1.807) is 4.90 Å². The van der Waals surface area contributed by atoms with E-state index in [-0.39, 0.29) is 6.09 Å². The summed E-state index contributed by atoms with van der Waals surface area (Å²) in [5.74, 6) is 0. The van der Waals surface area contributed by atoms with E-state index in [9.17, 15) is 4.79 Å². The smallest absolute Gasteiger partial charge is 0.415 e. The van der Waals surface area contributed by atoms with Crippen molar-refractivity contribution in [3.8, 4) is 0 Å². The van der Waals surface area contributed by atoms with Gasteiger partial charge in [0.25, 0.3) is 0 Å². The molecule has 1 radical (unpaired) electrons. The van der Waals surface area contributed by atoms with Crippen LogP contribution >= 0.6 is 0 Å². The Bertz CT molecular complexity index is 524. The molecule has 3 rings (SSSR count). The molecule has 2 aliphatic rings. The van der Waals surface area contributed by atoms with E-state index in [2.05, 4.69) is 16.3 Å². The van der Waals surface area contributed by atoms with Gasteiger partial charge in [0.1, 0.15) is 5.60 Å². The van der Waals surface area contributed by atoms with Crippen LogP contribution in [0.5, 0.6) is 0 Å². The number of nitrogens with zero attached hydrogens (tertiary/aromatic N) is 3. The number of cyclic esters (lactones) is 1. The summed E-state index contributed by atoms with van der Waals surface area (Å²) in [6.45, 7) is 9.13. The summed E-state index contributed by atoms with van der Waals surface area (Å²) < 4.78 is 5.42. The Morgan fingerprint density at radius 1 is 1.24 bits per heavy atom. The molecule has 1 aromatic rings. The second-order valence-electron chi connectivity index (χ2n) is 6.29. The summed E-state index contributed by atoms with van der Waals surface area (Å²) in [7, 11) is 0. The Morgan fingerprint density at radius 2 is 1.95 bits per heavy atom. The third kappa shape index (κ3) is 3.19. The minimum Gasteiger partial charge on any atom is -0.441 e. The van der Waals surface area contributed by atoms with Gasteiger partial charge in [-0.05, 0) is 25.5 Å². The number of benzene rings is 1. The monoisotopic (exact) mass is 288 g/mol. The van der Waals surface area contributed by atoms with Crippen molar-refractivity contribution < 1.29 is 9.53 Å². The zero-order chi connectivity index (χ0) is 14.9. The van der Waals surface area contributed by atoms with Gasteiger partial charge < -0.3 is 4.74 Å². The number of piperazine rings is 1. The van der Waals surface area contributed by atoms with Gasteiger partial charge in [0.2, 0.25) is 0 Å². The molecule has 0 atom stereocenters. The quantitative estimate of drug-likeness (QED) is 0.852.